The first kappa shape index (κ1) is 18.2. The molecule has 0 saturated carbocycles. The van der Waals surface area contributed by atoms with Gasteiger partial charge in [-0.05, 0) is 12.0 Å². The Hall–Kier alpha value is -0.820. The highest BCUT2D eigenvalue weighted by Crippen LogP contribution is 1.99. The Balaban J connectivity index is 0.00000324. The molecule has 5 heteroatoms. The fourth-order valence-electron chi connectivity index (χ4n) is 1.47. The first-order valence-corrected chi connectivity index (χ1v) is 6.43. The minimum atomic E-state index is 0. The average molecular weight is 377 g/mol. The van der Waals surface area contributed by atoms with E-state index in [1.807, 2.05) is 18.2 Å². The normalized spacial score (nSPS) is 10.7. The van der Waals surface area contributed by atoms with Crippen molar-refractivity contribution in [2.45, 2.75) is 20.0 Å². The molecule has 19 heavy (non-hydrogen) atoms. The SMILES string of the molecule is CCCNC(=NC)NCCOCc1ccccc1.I. The lowest BCUT2D eigenvalue weighted by Crippen LogP contribution is -2.39. The number of rotatable bonds is 7. The number of benzene rings is 1. The van der Waals surface area contributed by atoms with E-state index in [4.69, 9.17) is 4.74 Å². The van der Waals surface area contributed by atoms with Crippen LogP contribution in [0.4, 0.5) is 0 Å². The third-order valence-corrected chi connectivity index (χ3v) is 2.42. The molecule has 0 radical (unpaired) electrons. The van der Waals surface area contributed by atoms with Gasteiger partial charge in [0.25, 0.3) is 0 Å². The van der Waals surface area contributed by atoms with Crippen LogP contribution >= 0.6 is 24.0 Å². The summed E-state index contributed by atoms with van der Waals surface area (Å²) in [6.45, 7) is 5.15. The summed E-state index contributed by atoms with van der Waals surface area (Å²) in [6.07, 6.45) is 1.09. The molecule has 2 N–H and O–H groups in total. The van der Waals surface area contributed by atoms with Crippen LogP contribution in [0, 0.1) is 0 Å². The highest BCUT2D eigenvalue weighted by Gasteiger charge is 1.95. The van der Waals surface area contributed by atoms with Gasteiger partial charge in [0.2, 0.25) is 0 Å². The Labute approximate surface area is 133 Å². The topological polar surface area (TPSA) is 45.7 Å². The molecule has 0 spiro atoms. The molecular formula is C14H24IN3O. The lowest BCUT2D eigenvalue weighted by molar-refractivity contribution is 0.125. The lowest BCUT2D eigenvalue weighted by Gasteiger charge is -2.11. The van der Waals surface area contributed by atoms with E-state index in [9.17, 15) is 0 Å². The van der Waals surface area contributed by atoms with Crippen LogP contribution in [0.2, 0.25) is 0 Å². The molecule has 1 rings (SSSR count). The molecule has 0 aliphatic carbocycles. The van der Waals surface area contributed by atoms with E-state index in [1.165, 1.54) is 5.56 Å². The number of hydrogen-bond acceptors (Lipinski definition) is 2. The van der Waals surface area contributed by atoms with Crippen LogP contribution in [0.3, 0.4) is 0 Å². The second-order valence-corrected chi connectivity index (χ2v) is 3.96. The van der Waals surface area contributed by atoms with Crippen molar-refractivity contribution in [3.8, 4) is 0 Å². The smallest absolute Gasteiger partial charge is 0.191 e. The monoisotopic (exact) mass is 377 g/mol. The minimum absolute atomic E-state index is 0. The van der Waals surface area contributed by atoms with Gasteiger partial charge in [-0.15, -0.1) is 24.0 Å². The van der Waals surface area contributed by atoms with E-state index in [0.717, 1.165) is 25.5 Å². The molecule has 0 heterocycles. The first-order valence-electron chi connectivity index (χ1n) is 6.43. The number of aliphatic imine (C=N–C) groups is 1. The van der Waals surface area contributed by atoms with Gasteiger partial charge >= 0.3 is 0 Å². The zero-order valence-electron chi connectivity index (χ0n) is 11.7. The van der Waals surface area contributed by atoms with Gasteiger partial charge in [-0.1, -0.05) is 37.3 Å². The zero-order chi connectivity index (χ0) is 13.1. The van der Waals surface area contributed by atoms with Gasteiger partial charge in [0, 0.05) is 20.1 Å². The van der Waals surface area contributed by atoms with Crippen molar-refractivity contribution >= 4 is 29.9 Å². The molecule has 0 aliphatic rings. The van der Waals surface area contributed by atoms with Gasteiger partial charge in [-0.2, -0.15) is 0 Å². The Morgan fingerprint density at radius 1 is 1.16 bits per heavy atom. The summed E-state index contributed by atoms with van der Waals surface area (Å²) in [5.74, 6) is 0.833. The second-order valence-electron chi connectivity index (χ2n) is 3.96. The van der Waals surface area contributed by atoms with E-state index in [1.54, 1.807) is 7.05 Å². The summed E-state index contributed by atoms with van der Waals surface area (Å²) in [7, 11) is 1.77. The van der Waals surface area contributed by atoms with Crippen molar-refractivity contribution in [1.29, 1.82) is 0 Å². The predicted octanol–water partition coefficient (Wildman–Crippen LogP) is 2.40. The number of guanidine groups is 1. The van der Waals surface area contributed by atoms with Gasteiger partial charge in [-0.25, -0.2) is 0 Å². The Morgan fingerprint density at radius 3 is 2.47 bits per heavy atom. The van der Waals surface area contributed by atoms with Crippen molar-refractivity contribution in [3.05, 3.63) is 35.9 Å². The van der Waals surface area contributed by atoms with E-state index in [-0.39, 0.29) is 24.0 Å². The second kappa shape index (κ2) is 12.2. The molecule has 0 fully saturated rings. The number of hydrogen-bond donors (Lipinski definition) is 2. The summed E-state index contributed by atoms with van der Waals surface area (Å²) in [5.41, 5.74) is 1.20. The Bertz CT molecular complexity index is 344. The van der Waals surface area contributed by atoms with Crippen molar-refractivity contribution in [1.82, 2.24) is 10.6 Å². The number of ether oxygens (including phenoxy) is 1. The highest BCUT2D eigenvalue weighted by molar-refractivity contribution is 14.0. The minimum Gasteiger partial charge on any atom is -0.375 e. The van der Waals surface area contributed by atoms with Crippen LogP contribution in [0.25, 0.3) is 0 Å². The molecule has 0 amide bonds. The van der Waals surface area contributed by atoms with Gasteiger partial charge in [0.05, 0.1) is 13.2 Å². The zero-order valence-corrected chi connectivity index (χ0v) is 14.0. The summed E-state index contributed by atoms with van der Waals surface area (Å²) < 4.78 is 5.57. The fraction of sp³-hybridized carbons (Fsp3) is 0.500. The molecule has 0 aromatic heterocycles. The third-order valence-electron chi connectivity index (χ3n) is 2.42. The van der Waals surface area contributed by atoms with Gasteiger partial charge in [-0.3, -0.25) is 4.99 Å². The van der Waals surface area contributed by atoms with Crippen molar-refractivity contribution in [2.75, 3.05) is 26.7 Å². The van der Waals surface area contributed by atoms with Crippen molar-refractivity contribution in [2.24, 2.45) is 4.99 Å². The molecule has 0 unspecified atom stereocenters. The van der Waals surface area contributed by atoms with E-state index in [0.29, 0.717) is 13.2 Å². The maximum absolute atomic E-state index is 5.57. The highest BCUT2D eigenvalue weighted by atomic mass is 127. The molecule has 1 aromatic rings. The molecule has 108 valence electrons. The van der Waals surface area contributed by atoms with E-state index >= 15 is 0 Å². The van der Waals surface area contributed by atoms with Crippen LogP contribution < -0.4 is 10.6 Å². The summed E-state index contributed by atoms with van der Waals surface area (Å²) in [5, 5.41) is 6.42. The molecular weight excluding hydrogens is 353 g/mol. The van der Waals surface area contributed by atoms with Gasteiger partial charge in [0.1, 0.15) is 0 Å². The third kappa shape index (κ3) is 8.83. The van der Waals surface area contributed by atoms with E-state index < -0.39 is 0 Å². The van der Waals surface area contributed by atoms with Crippen LogP contribution in [0.1, 0.15) is 18.9 Å². The number of halogens is 1. The summed E-state index contributed by atoms with van der Waals surface area (Å²) in [4.78, 5) is 4.12. The number of nitrogens with zero attached hydrogens (tertiary/aromatic N) is 1. The van der Waals surface area contributed by atoms with Crippen LogP contribution in [0.5, 0.6) is 0 Å². The Kier molecular flexibility index (Phi) is 11.7. The summed E-state index contributed by atoms with van der Waals surface area (Å²) in [6, 6.07) is 10.2. The maximum atomic E-state index is 5.57. The molecule has 1 aromatic carbocycles. The van der Waals surface area contributed by atoms with E-state index in [2.05, 4.69) is 34.7 Å². The quantitative estimate of drug-likeness (QED) is 0.332. The predicted molar refractivity (Wildman–Crippen MR) is 91.2 cm³/mol. The molecule has 0 bridgehead atoms. The van der Waals surface area contributed by atoms with Crippen LogP contribution in [-0.4, -0.2) is 32.7 Å². The standard InChI is InChI=1S/C14H23N3O.HI/c1-3-9-16-14(15-2)17-10-11-18-12-13-7-5-4-6-8-13;/h4-8H,3,9-12H2,1-2H3,(H2,15,16,17);1H. The molecule has 0 aliphatic heterocycles. The Morgan fingerprint density at radius 2 is 1.84 bits per heavy atom. The maximum Gasteiger partial charge on any atom is 0.191 e. The van der Waals surface area contributed by atoms with Crippen molar-refractivity contribution in [3.63, 3.8) is 0 Å². The molecule has 0 atom stereocenters. The van der Waals surface area contributed by atoms with Gasteiger partial charge < -0.3 is 15.4 Å². The first-order chi connectivity index (χ1) is 8.86. The van der Waals surface area contributed by atoms with Crippen molar-refractivity contribution < 1.29 is 4.74 Å². The largest absolute Gasteiger partial charge is 0.375 e. The molecule has 0 saturated heterocycles. The lowest BCUT2D eigenvalue weighted by atomic mass is 10.2. The summed E-state index contributed by atoms with van der Waals surface area (Å²) >= 11 is 0. The van der Waals surface area contributed by atoms with Gasteiger partial charge in [0.15, 0.2) is 5.96 Å². The molecule has 4 nitrogen and oxygen atoms in total. The van der Waals surface area contributed by atoms with Crippen LogP contribution in [0.15, 0.2) is 35.3 Å². The number of nitrogens with one attached hydrogen (secondary N) is 2. The average Bonchev–Trinajstić information content (AvgIpc) is 2.43. The fourth-order valence-corrected chi connectivity index (χ4v) is 1.47. The van der Waals surface area contributed by atoms with Crippen LogP contribution in [-0.2, 0) is 11.3 Å².